The number of aromatic nitrogens is 1. The molecule has 1 aliphatic heterocycles. The number of nitrogens with one attached hydrogen (secondary N) is 1. The predicted octanol–water partition coefficient (Wildman–Crippen LogP) is 3.63. The number of nitrogens with zero attached hydrogens (tertiary/aromatic N) is 2. The van der Waals surface area contributed by atoms with Crippen molar-refractivity contribution in [2.24, 2.45) is 17.8 Å². The predicted molar refractivity (Wildman–Crippen MR) is 96.2 cm³/mol. The summed E-state index contributed by atoms with van der Waals surface area (Å²) < 4.78 is 0. The fourth-order valence-corrected chi connectivity index (χ4v) is 5.14. The summed E-state index contributed by atoms with van der Waals surface area (Å²) in [5, 5.41) is 3.23. The van der Waals surface area contributed by atoms with Crippen LogP contribution in [-0.4, -0.2) is 30.0 Å². The molecule has 0 spiro atoms. The lowest BCUT2D eigenvalue weighted by Gasteiger charge is -2.29. The van der Waals surface area contributed by atoms with Gasteiger partial charge in [-0.1, -0.05) is 12.5 Å². The summed E-state index contributed by atoms with van der Waals surface area (Å²) in [6.07, 6.45) is 9.19. The van der Waals surface area contributed by atoms with Crippen molar-refractivity contribution in [2.75, 3.05) is 18.0 Å². The Bertz CT molecular complexity index is 596. The van der Waals surface area contributed by atoms with Crippen LogP contribution in [0.3, 0.4) is 0 Å². The van der Waals surface area contributed by atoms with E-state index in [9.17, 15) is 4.79 Å². The van der Waals surface area contributed by atoms with Crippen molar-refractivity contribution in [3.63, 3.8) is 0 Å². The zero-order chi connectivity index (χ0) is 16.5. The van der Waals surface area contributed by atoms with Gasteiger partial charge in [-0.25, -0.2) is 4.98 Å². The second kappa shape index (κ2) is 6.73. The molecule has 2 saturated carbocycles. The Morgan fingerprint density at radius 3 is 2.75 bits per heavy atom. The molecule has 4 atom stereocenters. The van der Waals surface area contributed by atoms with Gasteiger partial charge in [-0.3, -0.25) is 4.79 Å². The molecule has 3 fully saturated rings. The van der Waals surface area contributed by atoms with Crippen molar-refractivity contribution in [2.45, 2.75) is 57.9 Å². The SMILES string of the molecule is CC(NC(=O)c1cccc(N2CCCCC2)n1)C1CC2CCC1C2. The Kier molecular flexibility index (Phi) is 4.47. The highest BCUT2D eigenvalue weighted by Crippen LogP contribution is 2.49. The number of carbonyl (C=O) groups is 1. The molecule has 2 aliphatic carbocycles. The number of fused-ring (bicyclic) bond motifs is 2. The molecule has 3 aliphatic rings. The summed E-state index contributed by atoms with van der Waals surface area (Å²) in [7, 11) is 0. The summed E-state index contributed by atoms with van der Waals surface area (Å²) in [5.74, 6) is 3.36. The van der Waals surface area contributed by atoms with E-state index in [1.54, 1.807) is 0 Å². The zero-order valence-corrected chi connectivity index (χ0v) is 14.7. The maximum absolute atomic E-state index is 12.7. The normalized spacial score (nSPS) is 30.4. The summed E-state index contributed by atoms with van der Waals surface area (Å²) >= 11 is 0. The van der Waals surface area contributed by atoms with Crippen LogP contribution in [-0.2, 0) is 0 Å². The van der Waals surface area contributed by atoms with Crippen LogP contribution in [0.25, 0.3) is 0 Å². The first-order valence-electron chi connectivity index (χ1n) is 9.73. The lowest BCUT2D eigenvalue weighted by molar-refractivity contribution is 0.0910. The van der Waals surface area contributed by atoms with Crippen molar-refractivity contribution in [3.05, 3.63) is 23.9 Å². The van der Waals surface area contributed by atoms with Gasteiger partial charge >= 0.3 is 0 Å². The maximum atomic E-state index is 12.7. The monoisotopic (exact) mass is 327 g/mol. The quantitative estimate of drug-likeness (QED) is 0.918. The van der Waals surface area contributed by atoms with Gasteiger partial charge in [-0.15, -0.1) is 0 Å². The van der Waals surface area contributed by atoms with Crippen molar-refractivity contribution in [1.82, 2.24) is 10.3 Å². The molecule has 0 radical (unpaired) electrons. The van der Waals surface area contributed by atoms with Crippen molar-refractivity contribution < 1.29 is 4.79 Å². The third-order valence-corrected chi connectivity index (χ3v) is 6.44. The number of piperidine rings is 1. The molecule has 4 nitrogen and oxygen atoms in total. The molecule has 1 saturated heterocycles. The van der Waals surface area contributed by atoms with Crippen LogP contribution < -0.4 is 10.2 Å². The van der Waals surface area contributed by atoms with Crippen LogP contribution in [0.5, 0.6) is 0 Å². The van der Waals surface area contributed by atoms with Crippen LogP contribution in [0.2, 0.25) is 0 Å². The van der Waals surface area contributed by atoms with Crippen LogP contribution in [0, 0.1) is 17.8 Å². The number of hydrogen-bond acceptors (Lipinski definition) is 3. The number of carbonyl (C=O) groups excluding carboxylic acids is 1. The summed E-state index contributed by atoms with van der Waals surface area (Å²) in [5.41, 5.74) is 0.563. The Balaban J connectivity index is 1.40. The van der Waals surface area contributed by atoms with E-state index in [-0.39, 0.29) is 11.9 Å². The van der Waals surface area contributed by atoms with Gasteiger partial charge in [0.1, 0.15) is 11.5 Å². The number of amides is 1. The highest BCUT2D eigenvalue weighted by atomic mass is 16.1. The average Bonchev–Trinajstić information content (AvgIpc) is 3.26. The number of rotatable bonds is 4. The third-order valence-electron chi connectivity index (χ3n) is 6.44. The Morgan fingerprint density at radius 1 is 1.21 bits per heavy atom. The standard InChI is InChI=1S/C20H29N3O/c1-14(17-13-15-8-9-16(17)12-15)21-20(24)18-6-5-7-19(22-18)23-10-3-2-4-11-23/h5-7,14-17H,2-4,8-13H2,1H3,(H,21,24). The van der Waals surface area contributed by atoms with Crippen molar-refractivity contribution >= 4 is 11.7 Å². The lowest BCUT2D eigenvalue weighted by atomic mass is 9.84. The average molecular weight is 327 g/mol. The molecule has 24 heavy (non-hydrogen) atoms. The zero-order valence-electron chi connectivity index (χ0n) is 14.7. The fourth-order valence-electron chi connectivity index (χ4n) is 5.14. The molecule has 4 rings (SSSR count). The van der Waals surface area contributed by atoms with Gasteiger partial charge in [0.25, 0.3) is 5.91 Å². The highest BCUT2D eigenvalue weighted by Gasteiger charge is 2.42. The highest BCUT2D eigenvalue weighted by molar-refractivity contribution is 5.92. The molecular formula is C20H29N3O. The topological polar surface area (TPSA) is 45.2 Å². The Morgan fingerprint density at radius 2 is 2.04 bits per heavy atom. The van der Waals surface area contributed by atoms with Gasteiger partial charge in [0, 0.05) is 19.1 Å². The Hall–Kier alpha value is -1.58. The van der Waals surface area contributed by atoms with E-state index in [4.69, 9.17) is 0 Å². The van der Waals surface area contributed by atoms with Gasteiger partial charge in [-0.2, -0.15) is 0 Å². The van der Waals surface area contributed by atoms with E-state index in [2.05, 4.69) is 22.1 Å². The largest absolute Gasteiger partial charge is 0.357 e. The maximum Gasteiger partial charge on any atom is 0.270 e. The molecular weight excluding hydrogens is 298 g/mol. The molecule has 1 aromatic rings. The first-order valence-corrected chi connectivity index (χ1v) is 9.73. The molecule has 4 unspecified atom stereocenters. The minimum Gasteiger partial charge on any atom is -0.357 e. The van der Waals surface area contributed by atoms with Crippen LogP contribution in [0.15, 0.2) is 18.2 Å². The molecule has 130 valence electrons. The Labute approximate surface area is 145 Å². The minimum atomic E-state index is -0.0101. The summed E-state index contributed by atoms with van der Waals surface area (Å²) in [6.45, 7) is 4.29. The lowest BCUT2D eigenvalue weighted by Crippen LogP contribution is -2.40. The molecule has 1 aromatic heterocycles. The van der Waals surface area contributed by atoms with E-state index in [1.807, 2.05) is 18.2 Å². The van der Waals surface area contributed by atoms with Crippen molar-refractivity contribution in [3.8, 4) is 0 Å². The van der Waals surface area contributed by atoms with Gasteiger partial charge in [0.05, 0.1) is 0 Å². The van der Waals surface area contributed by atoms with Crippen LogP contribution in [0.1, 0.15) is 62.4 Å². The van der Waals surface area contributed by atoms with Gasteiger partial charge in [0.15, 0.2) is 0 Å². The van der Waals surface area contributed by atoms with Gasteiger partial charge < -0.3 is 10.2 Å². The van der Waals surface area contributed by atoms with E-state index in [1.165, 1.54) is 44.9 Å². The van der Waals surface area contributed by atoms with E-state index >= 15 is 0 Å². The molecule has 1 N–H and O–H groups in total. The van der Waals surface area contributed by atoms with Crippen LogP contribution >= 0.6 is 0 Å². The molecule has 2 bridgehead atoms. The number of pyridine rings is 1. The van der Waals surface area contributed by atoms with E-state index < -0.39 is 0 Å². The summed E-state index contributed by atoms with van der Waals surface area (Å²) in [6, 6.07) is 6.10. The second-order valence-corrected chi connectivity index (χ2v) is 8.03. The van der Waals surface area contributed by atoms with Gasteiger partial charge in [0.2, 0.25) is 0 Å². The smallest absolute Gasteiger partial charge is 0.270 e. The van der Waals surface area contributed by atoms with E-state index in [0.29, 0.717) is 11.6 Å². The first kappa shape index (κ1) is 15.9. The molecule has 1 amide bonds. The minimum absolute atomic E-state index is 0.0101. The van der Waals surface area contributed by atoms with Gasteiger partial charge in [-0.05, 0) is 75.3 Å². The summed E-state index contributed by atoms with van der Waals surface area (Å²) in [4.78, 5) is 19.6. The number of anilines is 1. The second-order valence-electron chi connectivity index (χ2n) is 8.03. The van der Waals surface area contributed by atoms with Crippen LogP contribution in [0.4, 0.5) is 5.82 Å². The van der Waals surface area contributed by atoms with Crippen molar-refractivity contribution in [1.29, 1.82) is 0 Å². The molecule has 2 heterocycles. The molecule has 0 aromatic carbocycles. The molecule has 4 heteroatoms. The third kappa shape index (κ3) is 3.15. The number of hydrogen-bond donors (Lipinski definition) is 1. The fraction of sp³-hybridized carbons (Fsp3) is 0.700. The first-order chi connectivity index (χ1) is 11.7. The van der Waals surface area contributed by atoms with E-state index in [0.717, 1.165) is 30.7 Å².